The highest BCUT2D eigenvalue weighted by Crippen LogP contribution is 2.29. The Hall–Kier alpha value is -4.17. The van der Waals surface area contributed by atoms with Gasteiger partial charge in [-0.15, -0.1) is 0 Å². The zero-order valence-electron chi connectivity index (χ0n) is 19.6. The quantitative estimate of drug-likeness (QED) is 0.258. The minimum absolute atomic E-state index is 0.137. The van der Waals surface area contributed by atoms with Gasteiger partial charge in [0.15, 0.2) is 5.11 Å². The molecule has 3 aromatic carbocycles. The van der Waals surface area contributed by atoms with E-state index in [1.807, 2.05) is 67.6 Å². The number of nitrogens with one attached hydrogen (secondary N) is 2. The van der Waals surface area contributed by atoms with Gasteiger partial charge in [-0.25, -0.2) is 9.07 Å². The van der Waals surface area contributed by atoms with Gasteiger partial charge < -0.3 is 19.8 Å². The monoisotopic (exact) mass is 500 g/mol. The van der Waals surface area contributed by atoms with E-state index in [9.17, 15) is 4.39 Å². The Balaban J connectivity index is 1.34. The predicted octanol–water partition coefficient (Wildman–Crippen LogP) is 5.93. The van der Waals surface area contributed by atoms with E-state index in [-0.39, 0.29) is 18.0 Å². The SMILES string of the molecule is C[C@H](NC(=S)NCc1ccco1)[C@@H](Oc1ccc2c(cnn2-c2ccc(F)cc2)c1)c1ccccc1. The second-order valence-corrected chi connectivity index (χ2v) is 8.81. The van der Waals surface area contributed by atoms with E-state index >= 15 is 0 Å². The molecule has 0 unspecified atom stereocenters. The molecule has 5 rings (SSSR count). The van der Waals surface area contributed by atoms with Gasteiger partial charge in [0.25, 0.3) is 0 Å². The predicted molar refractivity (Wildman–Crippen MR) is 142 cm³/mol. The lowest BCUT2D eigenvalue weighted by atomic mass is 10.0. The molecule has 2 aromatic heterocycles. The minimum Gasteiger partial charge on any atom is -0.484 e. The number of rotatable bonds is 8. The Morgan fingerprint density at radius 1 is 1.06 bits per heavy atom. The third-order valence-electron chi connectivity index (χ3n) is 5.82. The Morgan fingerprint density at radius 3 is 2.61 bits per heavy atom. The summed E-state index contributed by atoms with van der Waals surface area (Å²) in [5.41, 5.74) is 2.71. The molecule has 0 bridgehead atoms. The molecule has 8 heteroatoms. The standard InChI is InChI=1S/C28H25FN4O2S/c1-19(32-28(36)30-18-25-8-5-15-34-25)27(20-6-3-2-4-7-20)35-24-13-14-26-21(16-24)17-31-33(26)23-11-9-22(29)10-12-23/h2-17,19,27H,18H2,1H3,(H2,30,32,36)/t19-,27+/m0/s1. The van der Waals surface area contributed by atoms with Crippen molar-refractivity contribution in [1.82, 2.24) is 20.4 Å². The second-order valence-electron chi connectivity index (χ2n) is 8.40. The molecule has 2 N–H and O–H groups in total. The van der Waals surface area contributed by atoms with Crippen LogP contribution in [0.25, 0.3) is 16.6 Å². The fraction of sp³-hybridized carbons (Fsp3) is 0.143. The highest BCUT2D eigenvalue weighted by molar-refractivity contribution is 7.80. The molecule has 0 aliphatic heterocycles. The van der Waals surface area contributed by atoms with Crippen LogP contribution in [0, 0.1) is 5.82 Å². The third kappa shape index (κ3) is 5.39. The number of nitrogens with zero attached hydrogens (tertiary/aromatic N) is 2. The summed E-state index contributed by atoms with van der Waals surface area (Å²) in [6.45, 7) is 2.53. The largest absolute Gasteiger partial charge is 0.484 e. The van der Waals surface area contributed by atoms with Crippen LogP contribution in [0.4, 0.5) is 4.39 Å². The van der Waals surface area contributed by atoms with Crippen molar-refractivity contribution >= 4 is 28.2 Å². The van der Waals surface area contributed by atoms with Crippen LogP contribution in [0.2, 0.25) is 0 Å². The van der Waals surface area contributed by atoms with Gasteiger partial charge in [0.05, 0.1) is 36.3 Å². The van der Waals surface area contributed by atoms with E-state index in [1.165, 1.54) is 12.1 Å². The highest BCUT2D eigenvalue weighted by atomic mass is 32.1. The average molecular weight is 501 g/mol. The number of ether oxygens (including phenoxy) is 1. The van der Waals surface area contributed by atoms with Gasteiger partial charge in [-0.2, -0.15) is 5.10 Å². The van der Waals surface area contributed by atoms with E-state index in [2.05, 4.69) is 15.7 Å². The zero-order chi connectivity index (χ0) is 24.9. The molecule has 0 fully saturated rings. The molecular formula is C28H25FN4O2S. The van der Waals surface area contributed by atoms with Crippen molar-refractivity contribution in [2.45, 2.75) is 25.6 Å². The molecule has 5 aromatic rings. The first-order chi connectivity index (χ1) is 17.6. The fourth-order valence-electron chi connectivity index (χ4n) is 4.03. The molecule has 2 heterocycles. The van der Waals surface area contributed by atoms with Crippen LogP contribution < -0.4 is 15.4 Å². The molecule has 0 amide bonds. The second kappa shape index (κ2) is 10.6. The van der Waals surface area contributed by atoms with Gasteiger partial charge >= 0.3 is 0 Å². The lowest BCUT2D eigenvalue weighted by Gasteiger charge is -2.27. The zero-order valence-corrected chi connectivity index (χ0v) is 20.4. The molecule has 0 spiro atoms. The maximum absolute atomic E-state index is 13.3. The van der Waals surface area contributed by atoms with E-state index in [0.717, 1.165) is 27.9 Å². The molecule has 0 aliphatic carbocycles. The van der Waals surface area contributed by atoms with Crippen molar-refractivity contribution in [2.75, 3.05) is 0 Å². The summed E-state index contributed by atoms with van der Waals surface area (Å²) in [6.07, 6.45) is 3.10. The molecule has 182 valence electrons. The van der Waals surface area contributed by atoms with Crippen LogP contribution in [-0.4, -0.2) is 20.9 Å². The average Bonchev–Trinajstić information content (AvgIpc) is 3.57. The first-order valence-electron chi connectivity index (χ1n) is 11.6. The Bertz CT molecular complexity index is 1440. The Morgan fingerprint density at radius 2 is 1.86 bits per heavy atom. The number of aromatic nitrogens is 2. The van der Waals surface area contributed by atoms with Crippen molar-refractivity contribution in [1.29, 1.82) is 0 Å². The van der Waals surface area contributed by atoms with Crippen molar-refractivity contribution in [3.63, 3.8) is 0 Å². The molecule has 0 aliphatic rings. The number of benzene rings is 3. The van der Waals surface area contributed by atoms with Gasteiger partial charge in [-0.3, -0.25) is 0 Å². The first kappa shape index (κ1) is 23.6. The van der Waals surface area contributed by atoms with Gasteiger partial charge in [0, 0.05) is 5.39 Å². The van der Waals surface area contributed by atoms with Gasteiger partial charge in [-0.1, -0.05) is 30.3 Å². The Kier molecular flexibility index (Phi) is 6.95. The van der Waals surface area contributed by atoms with Crippen molar-refractivity contribution in [3.8, 4) is 11.4 Å². The molecule has 2 atom stereocenters. The molecule has 0 radical (unpaired) electrons. The number of fused-ring (bicyclic) bond motifs is 1. The van der Waals surface area contributed by atoms with E-state index < -0.39 is 0 Å². The summed E-state index contributed by atoms with van der Waals surface area (Å²) in [4.78, 5) is 0. The number of hydrogen-bond donors (Lipinski definition) is 2. The maximum atomic E-state index is 13.3. The lowest BCUT2D eigenvalue weighted by molar-refractivity contribution is 0.172. The Labute approximate surface area is 213 Å². The van der Waals surface area contributed by atoms with Crippen LogP contribution >= 0.6 is 12.2 Å². The van der Waals surface area contributed by atoms with Crippen LogP contribution in [0.5, 0.6) is 5.75 Å². The minimum atomic E-state index is -0.306. The summed E-state index contributed by atoms with van der Waals surface area (Å²) in [6, 6.07) is 25.7. The van der Waals surface area contributed by atoms with Crippen LogP contribution in [0.1, 0.15) is 24.4 Å². The van der Waals surface area contributed by atoms with Crippen LogP contribution in [-0.2, 0) is 6.54 Å². The maximum Gasteiger partial charge on any atom is 0.167 e. The van der Waals surface area contributed by atoms with E-state index in [0.29, 0.717) is 17.4 Å². The van der Waals surface area contributed by atoms with Gasteiger partial charge in [0.1, 0.15) is 23.4 Å². The molecule has 0 saturated carbocycles. The summed E-state index contributed by atoms with van der Waals surface area (Å²) in [7, 11) is 0. The smallest absolute Gasteiger partial charge is 0.167 e. The highest BCUT2D eigenvalue weighted by Gasteiger charge is 2.22. The van der Waals surface area contributed by atoms with Crippen LogP contribution in [0.3, 0.4) is 0 Å². The van der Waals surface area contributed by atoms with Gasteiger partial charge in [-0.05, 0) is 79.3 Å². The summed E-state index contributed by atoms with van der Waals surface area (Å²) in [5.74, 6) is 1.23. The number of thiocarbonyl (C=S) groups is 1. The first-order valence-corrected chi connectivity index (χ1v) is 12.0. The van der Waals surface area contributed by atoms with Gasteiger partial charge in [0.2, 0.25) is 0 Å². The lowest BCUT2D eigenvalue weighted by Crippen LogP contribution is -2.44. The van der Waals surface area contributed by atoms with E-state index in [1.54, 1.807) is 29.3 Å². The molecular weight excluding hydrogens is 475 g/mol. The van der Waals surface area contributed by atoms with Crippen molar-refractivity contribution < 1.29 is 13.5 Å². The molecule has 0 saturated heterocycles. The number of hydrogen-bond acceptors (Lipinski definition) is 4. The molecule has 36 heavy (non-hydrogen) atoms. The topological polar surface area (TPSA) is 64.2 Å². The number of halogens is 1. The summed E-state index contributed by atoms with van der Waals surface area (Å²) in [5, 5.41) is 12.4. The summed E-state index contributed by atoms with van der Waals surface area (Å²) >= 11 is 5.50. The normalized spacial score (nSPS) is 12.7. The van der Waals surface area contributed by atoms with Crippen molar-refractivity contribution in [3.05, 3.63) is 115 Å². The third-order valence-corrected chi connectivity index (χ3v) is 6.08. The fourth-order valence-corrected chi connectivity index (χ4v) is 4.29. The molecule has 6 nitrogen and oxygen atoms in total. The van der Waals surface area contributed by atoms with E-state index in [4.69, 9.17) is 21.4 Å². The van der Waals surface area contributed by atoms with Crippen LogP contribution in [0.15, 0.2) is 102 Å². The number of furan rings is 1. The van der Waals surface area contributed by atoms with Crippen molar-refractivity contribution in [2.24, 2.45) is 0 Å². The summed E-state index contributed by atoms with van der Waals surface area (Å²) < 4.78 is 27.0.